The Balaban J connectivity index is 2.24. The number of hydrogen-bond donors (Lipinski definition) is 2. The average molecular weight is 323 g/mol. The highest BCUT2D eigenvalue weighted by Gasteiger charge is 2.24. The molecule has 0 amide bonds. The molecule has 17 heavy (non-hydrogen) atoms. The SMILES string of the molecule is O=S(=O)(N[C@H]1CCNC1)c1ccc(F)cc1Br. The van der Waals surface area contributed by atoms with Crippen LogP contribution in [0.15, 0.2) is 27.6 Å². The topological polar surface area (TPSA) is 58.2 Å². The fourth-order valence-electron chi connectivity index (χ4n) is 1.73. The van der Waals surface area contributed by atoms with Crippen LogP contribution in [0.5, 0.6) is 0 Å². The number of hydrogen-bond acceptors (Lipinski definition) is 3. The van der Waals surface area contributed by atoms with Crippen LogP contribution in [0.25, 0.3) is 0 Å². The minimum Gasteiger partial charge on any atom is -0.315 e. The minimum atomic E-state index is -3.59. The van der Waals surface area contributed by atoms with Crippen molar-refractivity contribution in [2.24, 2.45) is 0 Å². The van der Waals surface area contributed by atoms with Gasteiger partial charge in [-0.1, -0.05) is 0 Å². The van der Waals surface area contributed by atoms with Crippen LogP contribution in [0.3, 0.4) is 0 Å². The smallest absolute Gasteiger partial charge is 0.241 e. The molecule has 1 atom stereocenters. The fourth-order valence-corrected chi connectivity index (χ4v) is 4.05. The Bertz CT molecular complexity index is 515. The lowest BCUT2D eigenvalue weighted by Gasteiger charge is -2.13. The van der Waals surface area contributed by atoms with Crippen LogP contribution < -0.4 is 10.0 Å². The quantitative estimate of drug-likeness (QED) is 0.880. The first kappa shape index (κ1) is 12.9. The number of nitrogens with one attached hydrogen (secondary N) is 2. The molecule has 0 radical (unpaired) electrons. The molecule has 0 spiro atoms. The first-order valence-electron chi connectivity index (χ1n) is 5.17. The van der Waals surface area contributed by atoms with Gasteiger partial charge in [-0.3, -0.25) is 0 Å². The second-order valence-electron chi connectivity index (χ2n) is 3.89. The van der Waals surface area contributed by atoms with E-state index in [1.54, 1.807) is 0 Å². The molecule has 7 heteroatoms. The van der Waals surface area contributed by atoms with E-state index in [0.717, 1.165) is 25.1 Å². The van der Waals surface area contributed by atoms with Crippen molar-refractivity contribution in [1.29, 1.82) is 0 Å². The summed E-state index contributed by atoms with van der Waals surface area (Å²) < 4.78 is 39.8. The summed E-state index contributed by atoms with van der Waals surface area (Å²) in [5.74, 6) is -0.474. The van der Waals surface area contributed by atoms with E-state index in [9.17, 15) is 12.8 Å². The van der Waals surface area contributed by atoms with E-state index in [1.807, 2.05) is 0 Å². The molecule has 0 unspecified atom stereocenters. The average Bonchev–Trinajstić information content (AvgIpc) is 2.68. The Hall–Kier alpha value is -0.500. The van der Waals surface area contributed by atoms with E-state index in [2.05, 4.69) is 26.0 Å². The van der Waals surface area contributed by atoms with Crippen molar-refractivity contribution in [3.8, 4) is 0 Å². The maximum absolute atomic E-state index is 12.9. The van der Waals surface area contributed by atoms with E-state index >= 15 is 0 Å². The standard InChI is InChI=1S/C10H12BrFN2O2S/c11-9-5-7(12)1-2-10(9)17(15,16)14-8-3-4-13-6-8/h1-2,5,8,13-14H,3-4,6H2/t8-/m0/s1. The van der Waals surface area contributed by atoms with Gasteiger partial charge in [0.2, 0.25) is 10.0 Å². The number of halogens is 2. The normalized spacial score (nSPS) is 20.7. The number of sulfonamides is 1. The van der Waals surface area contributed by atoms with Crippen molar-refractivity contribution < 1.29 is 12.8 Å². The van der Waals surface area contributed by atoms with Gasteiger partial charge in [0.15, 0.2) is 0 Å². The predicted octanol–water partition coefficient (Wildman–Crippen LogP) is 1.23. The monoisotopic (exact) mass is 322 g/mol. The fraction of sp³-hybridized carbons (Fsp3) is 0.400. The summed E-state index contributed by atoms with van der Waals surface area (Å²) in [6.45, 7) is 1.43. The zero-order valence-electron chi connectivity index (χ0n) is 8.91. The third kappa shape index (κ3) is 3.04. The van der Waals surface area contributed by atoms with Crippen molar-refractivity contribution in [2.75, 3.05) is 13.1 Å². The summed E-state index contributed by atoms with van der Waals surface area (Å²) >= 11 is 3.06. The summed E-state index contributed by atoms with van der Waals surface area (Å²) in [6, 6.07) is 3.43. The molecule has 0 bridgehead atoms. The van der Waals surface area contributed by atoms with Crippen molar-refractivity contribution >= 4 is 26.0 Å². The predicted molar refractivity (Wildman–Crippen MR) is 65.7 cm³/mol. The summed E-state index contributed by atoms with van der Waals surface area (Å²) in [6.07, 6.45) is 0.762. The first-order valence-corrected chi connectivity index (χ1v) is 7.45. The van der Waals surface area contributed by atoms with Crippen LogP contribution in [0, 0.1) is 5.82 Å². The van der Waals surface area contributed by atoms with Crippen LogP contribution in [0.2, 0.25) is 0 Å². The van der Waals surface area contributed by atoms with E-state index in [-0.39, 0.29) is 15.4 Å². The second kappa shape index (κ2) is 5.01. The molecular weight excluding hydrogens is 311 g/mol. The van der Waals surface area contributed by atoms with Gasteiger partial charge >= 0.3 is 0 Å². The molecule has 94 valence electrons. The summed E-state index contributed by atoms with van der Waals surface area (Å²) in [7, 11) is -3.59. The van der Waals surface area contributed by atoms with Crippen molar-refractivity contribution in [1.82, 2.24) is 10.0 Å². The molecule has 1 fully saturated rings. The Labute approximate surface area is 108 Å². The van der Waals surface area contributed by atoms with Gasteiger partial charge in [-0.25, -0.2) is 17.5 Å². The van der Waals surface area contributed by atoms with E-state index in [1.165, 1.54) is 6.07 Å². The third-order valence-corrected chi connectivity index (χ3v) is 5.06. The van der Waals surface area contributed by atoms with Crippen molar-refractivity contribution in [2.45, 2.75) is 17.4 Å². The van der Waals surface area contributed by atoms with Crippen LogP contribution in [0.4, 0.5) is 4.39 Å². The largest absolute Gasteiger partial charge is 0.315 e. The third-order valence-electron chi connectivity index (χ3n) is 2.57. The molecule has 0 saturated carbocycles. The lowest BCUT2D eigenvalue weighted by Crippen LogP contribution is -2.36. The Morgan fingerprint density at radius 3 is 2.82 bits per heavy atom. The Kier molecular flexibility index (Phi) is 3.82. The van der Waals surface area contributed by atoms with Crippen LogP contribution >= 0.6 is 15.9 Å². The lowest BCUT2D eigenvalue weighted by molar-refractivity contribution is 0.559. The molecule has 1 aliphatic rings. The molecule has 4 nitrogen and oxygen atoms in total. The van der Waals surface area contributed by atoms with Crippen LogP contribution in [-0.2, 0) is 10.0 Å². The maximum Gasteiger partial charge on any atom is 0.241 e. The zero-order valence-corrected chi connectivity index (χ0v) is 11.3. The van der Waals surface area contributed by atoms with Crippen molar-refractivity contribution in [3.63, 3.8) is 0 Å². The van der Waals surface area contributed by atoms with E-state index < -0.39 is 15.8 Å². The molecule has 1 aromatic carbocycles. The van der Waals surface area contributed by atoms with E-state index in [0.29, 0.717) is 6.54 Å². The highest BCUT2D eigenvalue weighted by Crippen LogP contribution is 2.23. The van der Waals surface area contributed by atoms with Gasteiger partial charge in [-0.05, 0) is 47.1 Å². The molecule has 1 aromatic rings. The summed E-state index contributed by atoms with van der Waals surface area (Å²) in [5, 5.41) is 3.07. The van der Waals surface area contributed by atoms with Gasteiger partial charge in [-0.2, -0.15) is 0 Å². The van der Waals surface area contributed by atoms with E-state index in [4.69, 9.17) is 0 Å². The van der Waals surface area contributed by atoms with Crippen LogP contribution in [0.1, 0.15) is 6.42 Å². The van der Waals surface area contributed by atoms with Gasteiger partial charge in [0.1, 0.15) is 5.82 Å². The highest BCUT2D eigenvalue weighted by molar-refractivity contribution is 9.10. The maximum atomic E-state index is 12.9. The van der Waals surface area contributed by atoms with Gasteiger partial charge in [-0.15, -0.1) is 0 Å². The lowest BCUT2D eigenvalue weighted by atomic mass is 10.3. The molecule has 0 aromatic heterocycles. The minimum absolute atomic E-state index is 0.0609. The molecule has 1 heterocycles. The summed E-state index contributed by atoms with van der Waals surface area (Å²) in [5.41, 5.74) is 0. The zero-order chi connectivity index (χ0) is 12.5. The first-order chi connectivity index (χ1) is 7.99. The van der Waals surface area contributed by atoms with Gasteiger partial charge in [0, 0.05) is 17.1 Å². The molecule has 1 saturated heterocycles. The number of rotatable bonds is 3. The molecule has 0 aliphatic carbocycles. The van der Waals surface area contributed by atoms with Crippen LogP contribution in [-0.4, -0.2) is 27.5 Å². The highest BCUT2D eigenvalue weighted by atomic mass is 79.9. The second-order valence-corrected chi connectivity index (χ2v) is 6.42. The van der Waals surface area contributed by atoms with Gasteiger partial charge in [0.25, 0.3) is 0 Å². The Morgan fingerprint density at radius 2 is 2.24 bits per heavy atom. The van der Waals surface area contributed by atoms with Gasteiger partial charge < -0.3 is 5.32 Å². The molecular formula is C10H12BrFN2O2S. The Morgan fingerprint density at radius 1 is 1.47 bits per heavy atom. The van der Waals surface area contributed by atoms with Gasteiger partial charge in [0.05, 0.1) is 4.90 Å². The van der Waals surface area contributed by atoms with Crippen molar-refractivity contribution in [3.05, 3.63) is 28.5 Å². The molecule has 1 aliphatic heterocycles. The summed E-state index contributed by atoms with van der Waals surface area (Å²) in [4.78, 5) is 0.0609. The molecule has 2 N–H and O–H groups in total. The molecule has 2 rings (SSSR count). The number of benzene rings is 1.